The highest BCUT2D eigenvalue weighted by molar-refractivity contribution is 5.94. The van der Waals surface area contributed by atoms with Crippen molar-refractivity contribution in [2.45, 2.75) is 32.8 Å². The van der Waals surface area contributed by atoms with Crippen molar-refractivity contribution in [3.63, 3.8) is 0 Å². The van der Waals surface area contributed by atoms with Crippen LogP contribution in [0.3, 0.4) is 0 Å². The Bertz CT molecular complexity index is 812. The predicted molar refractivity (Wildman–Crippen MR) is 114 cm³/mol. The summed E-state index contributed by atoms with van der Waals surface area (Å²) in [6.07, 6.45) is 0.618. The van der Waals surface area contributed by atoms with E-state index in [9.17, 15) is 9.59 Å². The van der Waals surface area contributed by atoms with Gasteiger partial charge in [-0.25, -0.2) is 0 Å². The lowest BCUT2D eigenvalue weighted by molar-refractivity contribution is -0.122. The summed E-state index contributed by atoms with van der Waals surface area (Å²) >= 11 is 0. The van der Waals surface area contributed by atoms with Crippen molar-refractivity contribution >= 4 is 23.1 Å². The molecule has 1 N–H and O–H groups in total. The number of nitrogens with zero attached hydrogens (tertiary/aromatic N) is 1. The van der Waals surface area contributed by atoms with Gasteiger partial charge < -0.3 is 24.5 Å². The van der Waals surface area contributed by atoms with Crippen molar-refractivity contribution in [3.8, 4) is 5.75 Å². The van der Waals surface area contributed by atoms with E-state index in [1.807, 2.05) is 48.5 Å². The number of ketones is 1. The second-order valence-electron chi connectivity index (χ2n) is 7.24. The van der Waals surface area contributed by atoms with Crippen LogP contribution in [0.25, 0.3) is 0 Å². The summed E-state index contributed by atoms with van der Waals surface area (Å²) in [6, 6.07) is 15.3. The molecule has 0 saturated carbocycles. The van der Waals surface area contributed by atoms with Crippen molar-refractivity contribution in [2.24, 2.45) is 0 Å². The zero-order chi connectivity index (χ0) is 20.6. The molecule has 2 aromatic carbocycles. The number of rotatable bonds is 8. The third-order valence-corrected chi connectivity index (χ3v) is 4.88. The molecule has 1 aliphatic heterocycles. The maximum absolute atomic E-state index is 12.4. The molecule has 1 saturated heterocycles. The van der Waals surface area contributed by atoms with E-state index in [0.29, 0.717) is 18.6 Å². The molecule has 0 radical (unpaired) electrons. The highest BCUT2D eigenvalue weighted by Gasteiger charge is 2.16. The van der Waals surface area contributed by atoms with Gasteiger partial charge >= 0.3 is 0 Å². The van der Waals surface area contributed by atoms with E-state index in [4.69, 9.17) is 9.47 Å². The maximum Gasteiger partial charge on any atom is 0.265 e. The van der Waals surface area contributed by atoms with Gasteiger partial charge in [0.2, 0.25) is 0 Å². The molecule has 1 amide bonds. The second-order valence-corrected chi connectivity index (χ2v) is 7.24. The largest absolute Gasteiger partial charge is 0.481 e. The molecule has 1 heterocycles. The lowest BCUT2D eigenvalue weighted by Gasteiger charge is -2.29. The summed E-state index contributed by atoms with van der Waals surface area (Å²) in [7, 11) is 0. The third-order valence-electron chi connectivity index (χ3n) is 4.88. The Hall–Kier alpha value is -2.86. The van der Waals surface area contributed by atoms with E-state index in [0.717, 1.165) is 43.2 Å². The number of carbonyl (C=O) groups is 2. The average Bonchev–Trinajstić information content (AvgIpc) is 2.74. The van der Waals surface area contributed by atoms with Crippen LogP contribution in [0.4, 0.5) is 11.4 Å². The number of ether oxygens (including phenoxy) is 2. The number of morpholine rings is 1. The van der Waals surface area contributed by atoms with Gasteiger partial charge in [0.25, 0.3) is 5.91 Å². The molecule has 1 atom stereocenters. The molecule has 2 aromatic rings. The van der Waals surface area contributed by atoms with Crippen LogP contribution in [-0.2, 0) is 20.7 Å². The number of benzene rings is 2. The van der Waals surface area contributed by atoms with Crippen molar-refractivity contribution in [1.29, 1.82) is 0 Å². The maximum atomic E-state index is 12.4. The number of nitrogens with one attached hydrogen (secondary N) is 1. The van der Waals surface area contributed by atoms with Crippen molar-refractivity contribution < 1.29 is 19.1 Å². The number of Topliss-reactive ketones (excluding diaryl/α,β-unsaturated/α-hetero) is 1. The Labute approximate surface area is 171 Å². The number of carbonyl (C=O) groups excluding carboxylic acids is 2. The first-order chi connectivity index (χ1) is 14.0. The lowest BCUT2D eigenvalue weighted by atomic mass is 10.1. The molecule has 1 unspecified atom stereocenters. The fourth-order valence-corrected chi connectivity index (χ4v) is 3.13. The zero-order valence-electron chi connectivity index (χ0n) is 17.0. The van der Waals surface area contributed by atoms with Gasteiger partial charge in [-0.1, -0.05) is 12.1 Å². The Balaban J connectivity index is 1.50. The quantitative estimate of drug-likeness (QED) is 0.740. The predicted octanol–water partition coefficient (Wildman–Crippen LogP) is 3.45. The highest BCUT2D eigenvalue weighted by Crippen LogP contribution is 2.20. The van der Waals surface area contributed by atoms with E-state index in [-0.39, 0.29) is 11.7 Å². The molecule has 6 nitrogen and oxygen atoms in total. The van der Waals surface area contributed by atoms with Gasteiger partial charge in [0.1, 0.15) is 11.5 Å². The molecule has 29 heavy (non-hydrogen) atoms. The van der Waals surface area contributed by atoms with Gasteiger partial charge in [-0.3, -0.25) is 4.79 Å². The van der Waals surface area contributed by atoms with Crippen molar-refractivity contribution in [3.05, 3.63) is 54.1 Å². The van der Waals surface area contributed by atoms with E-state index in [1.54, 1.807) is 13.8 Å². The van der Waals surface area contributed by atoms with Crippen LogP contribution in [0, 0.1) is 0 Å². The van der Waals surface area contributed by atoms with Crippen LogP contribution < -0.4 is 15.0 Å². The standard InChI is InChI=1S/C23H28N2O4/c1-17(26)3-4-19-5-11-22(12-6-19)29-18(2)23(27)24-20-7-9-21(10-8-20)25-13-15-28-16-14-25/h5-12,18H,3-4,13-16H2,1-2H3,(H,24,27). The summed E-state index contributed by atoms with van der Waals surface area (Å²) in [5, 5.41) is 2.89. The first-order valence-corrected chi connectivity index (χ1v) is 10.00. The molecular formula is C23H28N2O4. The smallest absolute Gasteiger partial charge is 0.265 e. The van der Waals surface area contributed by atoms with Gasteiger partial charge in [-0.2, -0.15) is 0 Å². The topological polar surface area (TPSA) is 67.9 Å². The van der Waals surface area contributed by atoms with Crippen molar-refractivity contribution in [1.82, 2.24) is 0 Å². The van der Waals surface area contributed by atoms with Crippen LogP contribution in [0.15, 0.2) is 48.5 Å². The van der Waals surface area contributed by atoms with Gasteiger partial charge in [-0.05, 0) is 62.2 Å². The van der Waals surface area contributed by atoms with Crippen LogP contribution >= 0.6 is 0 Å². The molecular weight excluding hydrogens is 368 g/mol. The normalized spacial score (nSPS) is 14.9. The Morgan fingerprint density at radius 2 is 1.72 bits per heavy atom. The summed E-state index contributed by atoms with van der Waals surface area (Å²) < 4.78 is 11.1. The molecule has 0 aliphatic carbocycles. The molecule has 1 aliphatic rings. The van der Waals surface area contributed by atoms with Crippen LogP contribution in [0.1, 0.15) is 25.8 Å². The second kappa shape index (κ2) is 10.1. The monoisotopic (exact) mass is 396 g/mol. The van der Waals surface area contributed by atoms with Gasteiger partial charge in [0, 0.05) is 30.9 Å². The SMILES string of the molecule is CC(=O)CCc1ccc(OC(C)C(=O)Nc2ccc(N3CCOCC3)cc2)cc1. The van der Waals surface area contributed by atoms with Gasteiger partial charge in [0.15, 0.2) is 6.10 Å². The summed E-state index contributed by atoms with van der Waals surface area (Å²) in [4.78, 5) is 25.8. The van der Waals surface area contributed by atoms with Crippen molar-refractivity contribution in [2.75, 3.05) is 36.5 Å². The number of hydrogen-bond acceptors (Lipinski definition) is 5. The number of anilines is 2. The molecule has 6 heteroatoms. The minimum absolute atomic E-state index is 0.175. The lowest BCUT2D eigenvalue weighted by Crippen LogP contribution is -2.36. The fraction of sp³-hybridized carbons (Fsp3) is 0.391. The zero-order valence-corrected chi connectivity index (χ0v) is 17.0. The van der Waals surface area contributed by atoms with Gasteiger partial charge in [0.05, 0.1) is 13.2 Å². The molecule has 0 bridgehead atoms. The molecule has 154 valence electrons. The molecule has 3 rings (SSSR count). The number of aryl methyl sites for hydroxylation is 1. The van der Waals surface area contributed by atoms with E-state index < -0.39 is 6.10 Å². The fourth-order valence-electron chi connectivity index (χ4n) is 3.13. The summed E-state index contributed by atoms with van der Waals surface area (Å²) in [5.41, 5.74) is 2.94. The Kier molecular flexibility index (Phi) is 7.25. The molecule has 0 aromatic heterocycles. The first kappa shape index (κ1) is 20.9. The molecule has 0 spiro atoms. The Morgan fingerprint density at radius 3 is 2.34 bits per heavy atom. The van der Waals surface area contributed by atoms with Crippen LogP contribution in [0.5, 0.6) is 5.75 Å². The summed E-state index contributed by atoms with van der Waals surface area (Å²) in [6.45, 7) is 6.55. The number of hydrogen-bond donors (Lipinski definition) is 1. The minimum Gasteiger partial charge on any atom is -0.481 e. The highest BCUT2D eigenvalue weighted by atomic mass is 16.5. The van der Waals surface area contributed by atoms with Gasteiger partial charge in [-0.15, -0.1) is 0 Å². The minimum atomic E-state index is -0.628. The van der Waals surface area contributed by atoms with Crippen LogP contribution in [0.2, 0.25) is 0 Å². The van der Waals surface area contributed by atoms with E-state index >= 15 is 0 Å². The Morgan fingerprint density at radius 1 is 1.07 bits per heavy atom. The first-order valence-electron chi connectivity index (χ1n) is 10.00. The third kappa shape index (κ3) is 6.32. The van der Waals surface area contributed by atoms with E-state index in [1.165, 1.54) is 0 Å². The van der Waals surface area contributed by atoms with E-state index in [2.05, 4.69) is 10.2 Å². The average molecular weight is 396 g/mol. The molecule has 1 fully saturated rings. The van der Waals surface area contributed by atoms with Crippen LogP contribution in [-0.4, -0.2) is 44.1 Å². The number of amides is 1. The summed E-state index contributed by atoms with van der Waals surface area (Å²) in [5.74, 6) is 0.597.